The van der Waals surface area contributed by atoms with Gasteiger partial charge in [-0.25, -0.2) is 0 Å². The van der Waals surface area contributed by atoms with Gasteiger partial charge in [0.15, 0.2) is 0 Å². The van der Waals surface area contributed by atoms with Crippen LogP contribution in [-0.2, 0) is 0 Å². The molecule has 0 aliphatic carbocycles. The Hall–Kier alpha value is -1.38. The Kier molecular flexibility index (Phi) is 4.88. The van der Waals surface area contributed by atoms with Gasteiger partial charge in [0.05, 0.1) is 12.2 Å². The number of rotatable bonds is 6. The molecule has 2 atom stereocenters. The molecule has 1 aromatic rings. The van der Waals surface area contributed by atoms with Crippen molar-refractivity contribution < 1.29 is 10.2 Å². The zero-order valence-corrected chi connectivity index (χ0v) is 11.1. The first-order chi connectivity index (χ1) is 8.42. The molecule has 18 heavy (non-hydrogen) atoms. The second-order valence-corrected chi connectivity index (χ2v) is 5.13. The summed E-state index contributed by atoms with van der Waals surface area (Å²) in [5.41, 5.74) is 1.29. The molecule has 0 amide bonds. The molecule has 0 saturated heterocycles. The smallest absolute Gasteiger partial charge is 0.0875 e. The van der Waals surface area contributed by atoms with Crippen LogP contribution in [0, 0.1) is 5.41 Å². The summed E-state index contributed by atoms with van der Waals surface area (Å²) in [6.45, 7) is 11.2. The third-order valence-corrected chi connectivity index (χ3v) is 3.26. The maximum atomic E-state index is 10.2. The third-order valence-electron chi connectivity index (χ3n) is 3.26. The average molecular weight is 246 g/mol. The highest BCUT2D eigenvalue weighted by atomic mass is 16.3. The molecule has 0 aliphatic rings. The van der Waals surface area contributed by atoms with Crippen molar-refractivity contribution in [3.05, 3.63) is 60.7 Å². The Morgan fingerprint density at radius 2 is 1.61 bits per heavy atom. The van der Waals surface area contributed by atoms with Crippen LogP contribution in [0.3, 0.4) is 0 Å². The largest absolute Gasteiger partial charge is 0.388 e. The van der Waals surface area contributed by atoms with Gasteiger partial charge in [-0.15, -0.1) is 13.2 Å². The van der Waals surface area contributed by atoms with E-state index >= 15 is 0 Å². The molecule has 0 aliphatic heterocycles. The quantitative estimate of drug-likeness (QED) is 0.754. The Morgan fingerprint density at radius 1 is 1.11 bits per heavy atom. The van der Waals surface area contributed by atoms with E-state index in [1.165, 1.54) is 0 Å². The summed E-state index contributed by atoms with van der Waals surface area (Å²) in [7, 11) is 0. The van der Waals surface area contributed by atoms with Crippen molar-refractivity contribution in [3.63, 3.8) is 0 Å². The summed E-state index contributed by atoms with van der Waals surface area (Å²) in [4.78, 5) is 0. The minimum Gasteiger partial charge on any atom is -0.388 e. The van der Waals surface area contributed by atoms with Crippen LogP contribution < -0.4 is 0 Å². The van der Waals surface area contributed by atoms with Gasteiger partial charge in [0.2, 0.25) is 0 Å². The van der Waals surface area contributed by atoms with E-state index in [4.69, 9.17) is 0 Å². The topological polar surface area (TPSA) is 40.5 Å². The molecular weight excluding hydrogens is 224 g/mol. The molecule has 98 valence electrons. The van der Waals surface area contributed by atoms with Crippen molar-refractivity contribution in [1.82, 2.24) is 0 Å². The van der Waals surface area contributed by atoms with Crippen LogP contribution in [0.25, 0.3) is 0 Å². The van der Waals surface area contributed by atoms with Crippen molar-refractivity contribution in [2.75, 3.05) is 0 Å². The molecule has 1 aromatic carbocycles. The number of hydrogen-bond acceptors (Lipinski definition) is 2. The maximum Gasteiger partial charge on any atom is 0.0875 e. The van der Waals surface area contributed by atoms with Crippen LogP contribution in [-0.4, -0.2) is 10.2 Å². The van der Waals surface area contributed by atoms with Crippen LogP contribution in [0.4, 0.5) is 0 Å². The van der Waals surface area contributed by atoms with Gasteiger partial charge in [-0.05, 0) is 17.5 Å². The molecule has 0 saturated carbocycles. The molecule has 2 heteroatoms. The standard InChI is InChI=1S/C16H22O2/c1-5-7-14(17)12-8-10-13(11-9-12)15(18)16(3,4)6-2/h5-6,8-11,14-15,17-18H,1-2,7H2,3-4H3. The fourth-order valence-corrected chi connectivity index (χ4v) is 1.74. The van der Waals surface area contributed by atoms with E-state index in [0.29, 0.717) is 6.42 Å². The third kappa shape index (κ3) is 3.31. The Balaban J connectivity index is 2.89. The van der Waals surface area contributed by atoms with Gasteiger partial charge in [-0.1, -0.05) is 50.3 Å². The van der Waals surface area contributed by atoms with Crippen molar-refractivity contribution in [3.8, 4) is 0 Å². The van der Waals surface area contributed by atoms with E-state index in [0.717, 1.165) is 11.1 Å². The first-order valence-electron chi connectivity index (χ1n) is 6.13. The van der Waals surface area contributed by atoms with Crippen molar-refractivity contribution in [2.45, 2.75) is 32.5 Å². The molecule has 2 unspecified atom stereocenters. The highest BCUT2D eigenvalue weighted by Crippen LogP contribution is 2.34. The lowest BCUT2D eigenvalue weighted by Gasteiger charge is -2.27. The van der Waals surface area contributed by atoms with E-state index in [-0.39, 0.29) is 5.41 Å². The molecule has 0 spiro atoms. The van der Waals surface area contributed by atoms with Crippen LogP contribution in [0.2, 0.25) is 0 Å². The van der Waals surface area contributed by atoms with E-state index in [1.54, 1.807) is 12.2 Å². The molecule has 0 fully saturated rings. The number of aliphatic hydroxyl groups is 2. The lowest BCUT2D eigenvalue weighted by Crippen LogP contribution is -2.19. The van der Waals surface area contributed by atoms with Crippen LogP contribution in [0.5, 0.6) is 0 Å². The monoisotopic (exact) mass is 246 g/mol. The summed E-state index contributed by atoms with van der Waals surface area (Å²) in [5.74, 6) is 0. The molecule has 2 nitrogen and oxygen atoms in total. The van der Waals surface area contributed by atoms with Gasteiger partial charge in [-0.3, -0.25) is 0 Å². The molecular formula is C16H22O2. The van der Waals surface area contributed by atoms with E-state index < -0.39 is 12.2 Å². The molecule has 0 bridgehead atoms. The van der Waals surface area contributed by atoms with Crippen molar-refractivity contribution in [2.24, 2.45) is 5.41 Å². The van der Waals surface area contributed by atoms with Crippen LogP contribution >= 0.6 is 0 Å². The normalized spacial score (nSPS) is 14.9. The summed E-state index contributed by atoms with van der Waals surface area (Å²) >= 11 is 0. The van der Waals surface area contributed by atoms with Gasteiger partial charge in [-0.2, -0.15) is 0 Å². The number of aliphatic hydroxyl groups excluding tert-OH is 2. The van der Waals surface area contributed by atoms with E-state index in [1.807, 2.05) is 38.1 Å². The molecule has 0 aromatic heterocycles. The molecule has 0 heterocycles. The van der Waals surface area contributed by atoms with Crippen molar-refractivity contribution >= 4 is 0 Å². The second kappa shape index (κ2) is 5.98. The minimum absolute atomic E-state index is 0.374. The molecule has 2 N–H and O–H groups in total. The fraction of sp³-hybridized carbons (Fsp3) is 0.375. The Morgan fingerprint density at radius 3 is 2.06 bits per heavy atom. The predicted octanol–water partition coefficient (Wildman–Crippen LogP) is 3.54. The minimum atomic E-state index is -0.597. The SMILES string of the molecule is C=CCC(O)c1ccc(C(O)C(C)(C)C=C)cc1. The van der Waals surface area contributed by atoms with E-state index in [2.05, 4.69) is 13.2 Å². The lowest BCUT2D eigenvalue weighted by atomic mass is 9.82. The zero-order valence-electron chi connectivity index (χ0n) is 11.1. The first kappa shape index (κ1) is 14.7. The molecule has 0 radical (unpaired) electrons. The Bertz CT molecular complexity index is 404. The highest BCUT2D eigenvalue weighted by Gasteiger charge is 2.25. The lowest BCUT2D eigenvalue weighted by molar-refractivity contribution is 0.0821. The van der Waals surface area contributed by atoms with Gasteiger partial charge in [0.1, 0.15) is 0 Å². The highest BCUT2D eigenvalue weighted by molar-refractivity contribution is 5.27. The van der Waals surface area contributed by atoms with Gasteiger partial charge >= 0.3 is 0 Å². The first-order valence-corrected chi connectivity index (χ1v) is 6.13. The zero-order chi connectivity index (χ0) is 13.8. The summed E-state index contributed by atoms with van der Waals surface area (Å²) < 4.78 is 0. The van der Waals surface area contributed by atoms with E-state index in [9.17, 15) is 10.2 Å². The second-order valence-electron chi connectivity index (χ2n) is 5.13. The van der Waals surface area contributed by atoms with Gasteiger partial charge in [0, 0.05) is 5.41 Å². The summed E-state index contributed by atoms with van der Waals surface area (Å²) in [6.07, 6.45) is 2.84. The van der Waals surface area contributed by atoms with Gasteiger partial charge < -0.3 is 10.2 Å². The number of hydrogen-bond donors (Lipinski definition) is 2. The van der Waals surface area contributed by atoms with Crippen molar-refractivity contribution in [1.29, 1.82) is 0 Å². The predicted molar refractivity (Wildman–Crippen MR) is 75.2 cm³/mol. The maximum absolute atomic E-state index is 10.2. The summed E-state index contributed by atoms with van der Waals surface area (Å²) in [6, 6.07) is 7.37. The number of benzene rings is 1. The average Bonchev–Trinajstić information content (AvgIpc) is 2.38. The van der Waals surface area contributed by atoms with Crippen LogP contribution in [0.1, 0.15) is 43.6 Å². The van der Waals surface area contributed by atoms with Gasteiger partial charge in [0.25, 0.3) is 0 Å². The summed E-state index contributed by atoms with van der Waals surface area (Å²) in [5, 5.41) is 20.0. The molecule has 1 rings (SSSR count). The Labute approximate surface area is 109 Å². The van der Waals surface area contributed by atoms with Crippen LogP contribution in [0.15, 0.2) is 49.6 Å². The fourth-order valence-electron chi connectivity index (χ4n) is 1.74.